The van der Waals surface area contributed by atoms with Crippen LogP contribution >= 0.6 is 0 Å². The standard InChI is InChI=1S/C19H27N5O/c20-18(15-9-5-2-6-10-15)24-19(25)17(14-7-3-1-4-8-14)23-16-13-21-11-12-22-16/h1,3-5,7-10,13,17-19,21-25H,2,6,11-12,20H2. The molecule has 1 aliphatic carbocycles. The lowest BCUT2D eigenvalue weighted by atomic mass is 10.0. The summed E-state index contributed by atoms with van der Waals surface area (Å²) in [5, 5.41) is 23.8. The van der Waals surface area contributed by atoms with Crippen molar-refractivity contribution >= 4 is 0 Å². The Labute approximate surface area is 148 Å². The van der Waals surface area contributed by atoms with Gasteiger partial charge in [-0.2, -0.15) is 0 Å². The van der Waals surface area contributed by atoms with Crippen molar-refractivity contribution in [2.24, 2.45) is 5.73 Å². The van der Waals surface area contributed by atoms with Gasteiger partial charge in [-0.1, -0.05) is 48.6 Å². The predicted molar refractivity (Wildman–Crippen MR) is 100.0 cm³/mol. The van der Waals surface area contributed by atoms with Gasteiger partial charge in [-0.15, -0.1) is 0 Å². The molecule has 0 spiro atoms. The molecule has 3 rings (SSSR count). The highest BCUT2D eigenvalue weighted by atomic mass is 16.3. The first-order valence-corrected chi connectivity index (χ1v) is 8.79. The minimum absolute atomic E-state index is 0.334. The van der Waals surface area contributed by atoms with Crippen LogP contribution in [0.25, 0.3) is 0 Å². The SMILES string of the molecule is NC(NC(O)C(NC1=CNCCN1)c1ccccc1)C1=CCCC=C1. The Hall–Kier alpha value is -2.28. The van der Waals surface area contributed by atoms with Crippen LogP contribution in [-0.4, -0.2) is 30.6 Å². The van der Waals surface area contributed by atoms with Gasteiger partial charge in [-0.05, 0) is 24.0 Å². The van der Waals surface area contributed by atoms with Crippen LogP contribution in [0, 0.1) is 0 Å². The number of hydrogen-bond donors (Lipinski definition) is 6. The van der Waals surface area contributed by atoms with Crippen LogP contribution in [0.3, 0.4) is 0 Å². The summed E-state index contributed by atoms with van der Waals surface area (Å²) in [5.41, 5.74) is 8.23. The Balaban J connectivity index is 1.72. The van der Waals surface area contributed by atoms with Crippen LogP contribution in [0.15, 0.2) is 66.2 Å². The van der Waals surface area contributed by atoms with Crippen LogP contribution in [0.4, 0.5) is 0 Å². The number of aliphatic hydroxyl groups is 1. The first-order valence-electron chi connectivity index (χ1n) is 8.79. The van der Waals surface area contributed by atoms with Crippen molar-refractivity contribution in [2.45, 2.75) is 31.3 Å². The molecule has 3 unspecified atom stereocenters. The first kappa shape index (κ1) is 17.5. The number of benzene rings is 1. The molecule has 1 aliphatic heterocycles. The molecule has 7 N–H and O–H groups in total. The van der Waals surface area contributed by atoms with Gasteiger partial charge >= 0.3 is 0 Å². The highest BCUT2D eigenvalue weighted by molar-refractivity contribution is 5.27. The zero-order valence-electron chi connectivity index (χ0n) is 14.3. The maximum Gasteiger partial charge on any atom is 0.130 e. The molecular formula is C19H27N5O. The number of allylic oxidation sites excluding steroid dienone is 2. The summed E-state index contributed by atoms with van der Waals surface area (Å²) < 4.78 is 0. The van der Waals surface area contributed by atoms with Crippen molar-refractivity contribution in [1.29, 1.82) is 0 Å². The average Bonchev–Trinajstić information content (AvgIpc) is 2.68. The Kier molecular flexibility index (Phi) is 6.11. The Morgan fingerprint density at radius 3 is 2.64 bits per heavy atom. The van der Waals surface area contributed by atoms with E-state index in [1.54, 1.807) is 0 Å². The van der Waals surface area contributed by atoms with Crippen molar-refractivity contribution < 1.29 is 5.11 Å². The molecule has 0 fully saturated rings. The summed E-state index contributed by atoms with van der Waals surface area (Å²) in [6.07, 6.45) is 8.90. The number of hydrogen-bond acceptors (Lipinski definition) is 6. The van der Waals surface area contributed by atoms with Gasteiger partial charge in [0.25, 0.3) is 0 Å². The third-order valence-electron chi connectivity index (χ3n) is 4.35. The van der Waals surface area contributed by atoms with Crippen molar-refractivity contribution in [2.75, 3.05) is 13.1 Å². The van der Waals surface area contributed by atoms with Crippen LogP contribution < -0.4 is 27.0 Å². The minimum atomic E-state index is -0.849. The fourth-order valence-corrected chi connectivity index (χ4v) is 3.00. The van der Waals surface area contributed by atoms with Gasteiger partial charge in [-0.3, -0.25) is 5.32 Å². The molecule has 0 bridgehead atoms. The lowest BCUT2D eigenvalue weighted by molar-refractivity contribution is 0.0887. The summed E-state index contributed by atoms with van der Waals surface area (Å²) in [7, 11) is 0. The van der Waals surface area contributed by atoms with E-state index in [9.17, 15) is 5.11 Å². The Morgan fingerprint density at radius 1 is 1.12 bits per heavy atom. The van der Waals surface area contributed by atoms with E-state index in [0.717, 1.165) is 42.9 Å². The first-order chi connectivity index (χ1) is 12.2. The fraction of sp³-hybridized carbons (Fsp3) is 0.368. The highest BCUT2D eigenvalue weighted by Crippen LogP contribution is 2.19. The molecule has 0 radical (unpaired) electrons. The summed E-state index contributed by atoms with van der Waals surface area (Å²) in [5.74, 6) is 0.853. The molecule has 0 amide bonds. The summed E-state index contributed by atoms with van der Waals surface area (Å²) in [6.45, 7) is 1.72. The van der Waals surface area contributed by atoms with Crippen molar-refractivity contribution in [1.82, 2.24) is 21.3 Å². The second-order valence-corrected chi connectivity index (χ2v) is 6.24. The molecule has 0 saturated carbocycles. The molecule has 134 valence electrons. The Bertz CT molecular complexity index is 640. The summed E-state index contributed by atoms with van der Waals surface area (Å²) in [4.78, 5) is 0. The molecule has 1 aromatic carbocycles. The van der Waals surface area contributed by atoms with Gasteiger partial charge in [-0.25, -0.2) is 0 Å². The van der Waals surface area contributed by atoms with Gasteiger partial charge in [0.1, 0.15) is 12.0 Å². The van der Waals surface area contributed by atoms with Gasteiger partial charge in [0.15, 0.2) is 0 Å². The number of nitrogens with one attached hydrogen (secondary N) is 4. The zero-order valence-corrected chi connectivity index (χ0v) is 14.3. The minimum Gasteiger partial charge on any atom is -0.386 e. The maximum atomic E-state index is 10.8. The van der Waals surface area contributed by atoms with Crippen molar-refractivity contribution in [3.8, 4) is 0 Å². The second kappa shape index (κ2) is 8.71. The molecular weight excluding hydrogens is 314 g/mol. The lowest BCUT2D eigenvalue weighted by Gasteiger charge is -2.31. The molecule has 1 heterocycles. The van der Waals surface area contributed by atoms with Gasteiger partial charge < -0.3 is 26.8 Å². The molecule has 25 heavy (non-hydrogen) atoms. The third kappa shape index (κ3) is 4.85. The smallest absolute Gasteiger partial charge is 0.130 e. The molecule has 6 nitrogen and oxygen atoms in total. The fourth-order valence-electron chi connectivity index (χ4n) is 3.00. The lowest BCUT2D eigenvalue weighted by Crippen LogP contribution is -2.51. The quantitative estimate of drug-likeness (QED) is 0.411. The predicted octanol–water partition coefficient (Wildman–Crippen LogP) is 0.778. The molecule has 6 heteroatoms. The summed E-state index contributed by atoms with van der Waals surface area (Å²) >= 11 is 0. The molecule has 3 atom stereocenters. The number of aliphatic hydroxyl groups excluding tert-OH is 1. The van der Waals surface area contributed by atoms with Crippen LogP contribution in [0.5, 0.6) is 0 Å². The van der Waals surface area contributed by atoms with Crippen molar-refractivity contribution in [3.63, 3.8) is 0 Å². The van der Waals surface area contributed by atoms with Crippen molar-refractivity contribution in [3.05, 3.63) is 71.7 Å². The van der Waals surface area contributed by atoms with E-state index in [0.29, 0.717) is 0 Å². The van der Waals surface area contributed by atoms with Gasteiger partial charge in [0, 0.05) is 19.3 Å². The highest BCUT2D eigenvalue weighted by Gasteiger charge is 2.24. The molecule has 1 aromatic rings. The van der Waals surface area contributed by atoms with E-state index in [1.807, 2.05) is 42.6 Å². The van der Waals surface area contributed by atoms with E-state index >= 15 is 0 Å². The largest absolute Gasteiger partial charge is 0.386 e. The average molecular weight is 341 g/mol. The molecule has 0 saturated heterocycles. The Morgan fingerprint density at radius 2 is 1.96 bits per heavy atom. The molecule has 0 aromatic heterocycles. The van der Waals surface area contributed by atoms with Crippen LogP contribution in [-0.2, 0) is 0 Å². The molecule has 2 aliphatic rings. The van der Waals surface area contributed by atoms with Crippen LogP contribution in [0.2, 0.25) is 0 Å². The van der Waals surface area contributed by atoms with E-state index in [-0.39, 0.29) is 6.04 Å². The zero-order chi connectivity index (χ0) is 17.5. The summed E-state index contributed by atoms with van der Waals surface area (Å²) in [6, 6.07) is 9.53. The van der Waals surface area contributed by atoms with Gasteiger partial charge in [0.05, 0.1) is 12.2 Å². The van der Waals surface area contributed by atoms with E-state index in [1.165, 1.54) is 0 Å². The van der Waals surface area contributed by atoms with E-state index in [2.05, 4.69) is 33.4 Å². The van der Waals surface area contributed by atoms with E-state index in [4.69, 9.17) is 5.73 Å². The maximum absolute atomic E-state index is 10.8. The van der Waals surface area contributed by atoms with Crippen LogP contribution in [0.1, 0.15) is 24.4 Å². The topological polar surface area (TPSA) is 94.4 Å². The van der Waals surface area contributed by atoms with E-state index < -0.39 is 12.4 Å². The number of nitrogens with two attached hydrogens (primary N) is 1. The normalized spacial score (nSPS) is 20.4. The third-order valence-corrected chi connectivity index (χ3v) is 4.35. The number of rotatable bonds is 7. The van der Waals surface area contributed by atoms with Gasteiger partial charge in [0.2, 0.25) is 0 Å². The second-order valence-electron chi connectivity index (χ2n) is 6.24. The monoisotopic (exact) mass is 341 g/mol.